The van der Waals surface area contributed by atoms with Crippen molar-refractivity contribution in [2.24, 2.45) is 0 Å². The van der Waals surface area contributed by atoms with Crippen LogP contribution in [-0.2, 0) is 16.0 Å². The van der Waals surface area contributed by atoms with Gasteiger partial charge < -0.3 is 4.90 Å². The zero-order valence-electron chi connectivity index (χ0n) is 11.7. The second-order valence-electron chi connectivity index (χ2n) is 5.44. The molecule has 0 aromatic heterocycles. The van der Waals surface area contributed by atoms with E-state index in [0.29, 0.717) is 19.5 Å². The van der Waals surface area contributed by atoms with Crippen molar-refractivity contribution in [1.29, 1.82) is 0 Å². The Hall–Kier alpha value is -1.82. The van der Waals surface area contributed by atoms with Gasteiger partial charge in [-0.25, -0.2) is 0 Å². The summed E-state index contributed by atoms with van der Waals surface area (Å²) in [5, 5.41) is -0.184. The molecule has 0 aliphatic carbocycles. The number of carbonyl (C=O) groups is 3. The lowest BCUT2D eigenvalue weighted by Gasteiger charge is -2.42. The molecule has 1 aromatic rings. The summed E-state index contributed by atoms with van der Waals surface area (Å²) < 4.78 is 0. The number of benzene rings is 1. The molecule has 2 heterocycles. The quantitative estimate of drug-likeness (QED) is 0.848. The molecule has 0 atom stereocenters. The summed E-state index contributed by atoms with van der Waals surface area (Å²) in [5.74, 6) is 0.136. The second-order valence-corrected chi connectivity index (χ2v) is 6.36. The van der Waals surface area contributed by atoms with Crippen molar-refractivity contribution in [2.75, 3.05) is 18.8 Å². The minimum Gasteiger partial charge on any atom is -0.338 e. The predicted molar refractivity (Wildman–Crippen MR) is 80.0 cm³/mol. The first-order valence-corrected chi connectivity index (χ1v) is 7.85. The topological polar surface area (TPSA) is 57.7 Å². The lowest BCUT2D eigenvalue weighted by Crippen LogP contribution is -2.62. The van der Waals surface area contributed by atoms with Gasteiger partial charge in [-0.1, -0.05) is 41.6 Å². The Bertz CT molecular complexity index is 595. The highest BCUT2D eigenvalue weighted by molar-refractivity contribution is 8.14. The highest BCUT2D eigenvalue weighted by Gasteiger charge is 2.43. The van der Waals surface area contributed by atoms with Gasteiger partial charge in [0, 0.05) is 13.1 Å². The molecule has 2 aliphatic heterocycles. The van der Waals surface area contributed by atoms with Crippen LogP contribution in [0.1, 0.15) is 11.1 Å². The van der Waals surface area contributed by atoms with Crippen LogP contribution in [0.25, 0.3) is 0 Å². The van der Waals surface area contributed by atoms with Crippen molar-refractivity contribution in [3.05, 3.63) is 35.4 Å². The molecule has 0 spiro atoms. The van der Waals surface area contributed by atoms with Crippen LogP contribution in [-0.4, -0.2) is 51.7 Å². The zero-order chi connectivity index (χ0) is 15.0. The molecular weight excluding hydrogens is 288 g/mol. The molecule has 21 heavy (non-hydrogen) atoms. The lowest BCUT2D eigenvalue weighted by atomic mass is 10.0. The fraction of sp³-hybridized carbons (Fsp3) is 0.400. The molecule has 2 aliphatic rings. The number of amides is 3. The van der Waals surface area contributed by atoms with Crippen LogP contribution in [0.4, 0.5) is 4.79 Å². The monoisotopic (exact) mass is 304 g/mol. The van der Waals surface area contributed by atoms with Gasteiger partial charge in [0.2, 0.25) is 11.8 Å². The number of hydrogen-bond acceptors (Lipinski definition) is 4. The first kappa shape index (κ1) is 14.1. The van der Waals surface area contributed by atoms with Crippen LogP contribution < -0.4 is 0 Å². The number of aryl methyl sites for hydroxylation is 1. The third kappa shape index (κ3) is 2.81. The molecule has 3 rings (SSSR count). The first-order valence-electron chi connectivity index (χ1n) is 6.87. The van der Waals surface area contributed by atoms with Gasteiger partial charge >= 0.3 is 0 Å². The molecule has 110 valence electrons. The van der Waals surface area contributed by atoms with Crippen molar-refractivity contribution in [1.82, 2.24) is 9.80 Å². The molecular formula is C15H16N2O3S. The second kappa shape index (κ2) is 5.52. The fourth-order valence-corrected chi connectivity index (χ4v) is 3.42. The normalized spacial score (nSPS) is 19.1. The number of likely N-dealkylation sites (tertiary alicyclic amines) is 1. The van der Waals surface area contributed by atoms with Crippen LogP contribution in [0.15, 0.2) is 24.3 Å². The zero-order valence-corrected chi connectivity index (χ0v) is 12.6. The summed E-state index contributed by atoms with van der Waals surface area (Å²) in [4.78, 5) is 38.4. The Morgan fingerprint density at radius 2 is 2.10 bits per heavy atom. The molecule has 0 radical (unpaired) electrons. The number of hydrogen-bond donors (Lipinski definition) is 0. The summed E-state index contributed by atoms with van der Waals surface area (Å²) in [6.07, 6.45) is 0.366. The number of carbonyl (C=O) groups excluding carboxylic acids is 3. The fourth-order valence-electron chi connectivity index (χ4n) is 2.65. The minimum absolute atomic E-state index is 0.0450. The number of imide groups is 1. The molecule has 1 aromatic carbocycles. The Morgan fingerprint density at radius 3 is 2.71 bits per heavy atom. The molecule has 6 heteroatoms. The van der Waals surface area contributed by atoms with Crippen LogP contribution in [0.5, 0.6) is 0 Å². The van der Waals surface area contributed by atoms with E-state index in [2.05, 4.69) is 0 Å². The van der Waals surface area contributed by atoms with Gasteiger partial charge in [-0.05, 0) is 12.5 Å². The molecule has 2 saturated heterocycles. The van der Waals surface area contributed by atoms with Crippen molar-refractivity contribution in [3.8, 4) is 0 Å². The lowest BCUT2D eigenvalue weighted by molar-refractivity contribution is -0.141. The van der Waals surface area contributed by atoms with E-state index in [-0.39, 0.29) is 28.8 Å². The summed E-state index contributed by atoms with van der Waals surface area (Å²) in [7, 11) is 0. The Kier molecular flexibility index (Phi) is 3.71. The summed E-state index contributed by atoms with van der Waals surface area (Å²) in [5.41, 5.74) is 2.12. The van der Waals surface area contributed by atoms with Gasteiger partial charge in [0.25, 0.3) is 5.24 Å². The van der Waals surface area contributed by atoms with E-state index in [1.165, 1.54) is 4.90 Å². The summed E-state index contributed by atoms with van der Waals surface area (Å²) in [6, 6.07) is 7.73. The van der Waals surface area contributed by atoms with E-state index in [1.54, 1.807) is 4.90 Å². The maximum Gasteiger partial charge on any atom is 0.289 e. The summed E-state index contributed by atoms with van der Waals surface area (Å²) >= 11 is 1.04. The van der Waals surface area contributed by atoms with E-state index in [9.17, 15) is 14.4 Å². The van der Waals surface area contributed by atoms with Gasteiger partial charge in [-0.3, -0.25) is 19.3 Å². The maximum atomic E-state index is 12.2. The Morgan fingerprint density at radius 1 is 1.33 bits per heavy atom. The van der Waals surface area contributed by atoms with Gasteiger partial charge in [-0.15, -0.1) is 0 Å². The SMILES string of the molecule is Cc1cccc(CC(=O)N2CC(N3C(=O)CSC3=O)C2)c1. The molecule has 5 nitrogen and oxygen atoms in total. The average molecular weight is 304 g/mol. The number of nitrogens with zero attached hydrogens (tertiary/aromatic N) is 2. The Labute approximate surface area is 127 Å². The largest absolute Gasteiger partial charge is 0.338 e. The first-order chi connectivity index (χ1) is 10.0. The third-order valence-electron chi connectivity index (χ3n) is 3.80. The molecule has 0 bridgehead atoms. The van der Waals surface area contributed by atoms with Crippen LogP contribution in [0.2, 0.25) is 0 Å². The maximum absolute atomic E-state index is 12.2. The van der Waals surface area contributed by atoms with E-state index >= 15 is 0 Å². The standard InChI is InChI=1S/C15H16N2O3S/c1-10-3-2-4-11(5-10)6-13(18)16-7-12(8-16)17-14(19)9-21-15(17)20/h2-5,12H,6-9H2,1H3. The van der Waals surface area contributed by atoms with Crippen LogP contribution in [0, 0.1) is 6.92 Å². The molecule has 0 saturated carbocycles. The Balaban J connectivity index is 1.55. The average Bonchev–Trinajstić information content (AvgIpc) is 2.69. The van der Waals surface area contributed by atoms with Crippen molar-refractivity contribution in [3.63, 3.8) is 0 Å². The summed E-state index contributed by atoms with van der Waals surface area (Å²) in [6.45, 7) is 2.92. The van der Waals surface area contributed by atoms with Crippen LogP contribution in [0.3, 0.4) is 0 Å². The molecule has 0 N–H and O–H groups in total. The van der Waals surface area contributed by atoms with E-state index < -0.39 is 0 Å². The van der Waals surface area contributed by atoms with Gasteiger partial charge in [0.15, 0.2) is 0 Å². The van der Waals surface area contributed by atoms with Gasteiger partial charge in [0.05, 0.1) is 18.2 Å². The molecule has 0 unspecified atom stereocenters. The van der Waals surface area contributed by atoms with Crippen molar-refractivity contribution in [2.45, 2.75) is 19.4 Å². The smallest absolute Gasteiger partial charge is 0.289 e. The molecule has 2 fully saturated rings. The number of rotatable bonds is 3. The van der Waals surface area contributed by atoms with E-state index in [1.807, 2.05) is 31.2 Å². The number of thioether (sulfide) groups is 1. The van der Waals surface area contributed by atoms with E-state index in [4.69, 9.17) is 0 Å². The van der Waals surface area contributed by atoms with Crippen LogP contribution >= 0.6 is 11.8 Å². The van der Waals surface area contributed by atoms with E-state index in [0.717, 1.165) is 22.9 Å². The minimum atomic E-state index is -0.184. The van der Waals surface area contributed by atoms with Gasteiger partial charge in [-0.2, -0.15) is 0 Å². The molecule has 3 amide bonds. The highest BCUT2D eigenvalue weighted by atomic mass is 32.2. The van der Waals surface area contributed by atoms with Crippen molar-refractivity contribution < 1.29 is 14.4 Å². The predicted octanol–water partition coefficient (Wildman–Crippen LogP) is 1.44. The third-order valence-corrected chi connectivity index (χ3v) is 4.64. The van der Waals surface area contributed by atoms with Crippen molar-refractivity contribution >= 4 is 28.8 Å². The van der Waals surface area contributed by atoms with Gasteiger partial charge in [0.1, 0.15) is 0 Å². The highest BCUT2D eigenvalue weighted by Crippen LogP contribution is 2.26.